The van der Waals surface area contributed by atoms with Gasteiger partial charge in [-0.2, -0.15) is 5.10 Å². The van der Waals surface area contributed by atoms with Crippen molar-refractivity contribution in [1.82, 2.24) is 20.5 Å². The van der Waals surface area contributed by atoms with Crippen LogP contribution in [0.4, 0.5) is 0 Å². The highest BCUT2D eigenvalue weighted by molar-refractivity contribution is 6.30. The summed E-state index contributed by atoms with van der Waals surface area (Å²) >= 11 is 5.82. The monoisotopic (exact) mass is 342 g/mol. The summed E-state index contributed by atoms with van der Waals surface area (Å²) in [4.78, 5) is 16.5. The summed E-state index contributed by atoms with van der Waals surface area (Å²) in [5, 5.41) is 20.0. The third kappa shape index (κ3) is 3.61. The lowest BCUT2D eigenvalue weighted by atomic mass is 10.1. The highest BCUT2D eigenvalue weighted by atomic mass is 35.5. The van der Waals surface area contributed by atoms with Crippen LogP contribution < -0.4 is 5.32 Å². The van der Waals surface area contributed by atoms with Gasteiger partial charge in [0.1, 0.15) is 6.33 Å². The molecule has 1 heterocycles. The minimum atomic E-state index is -0.816. The Morgan fingerprint density at radius 3 is 2.67 bits per heavy atom. The van der Waals surface area contributed by atoms with Gasteiger partial charge in [0.05, 0.1) is 11.7 Å². The molecule has 0 bridgehead atoms. The van der Waals surface area contributed by atoms with Gasteiger partial charge in [-0.25, -0.2) is 4.98 Å². The molecule has 0 saturated heterocycles. The summed E-state index contributed by atoms with van der Waals surface area (Å²) in [6.45, 7) is 0.0885. The fraction of sp³-hybridized carbons (Fsp3) is 0.118. The van der Waals surface area contributed by atoms with Crippen LogP contribution in [0.3, 0.4) is 0 Å². The fourth-order valence-electron chi connectivity index (χ4n) is 2.31. The van der Waals surface area contributed by atoms with Crippen LogP contribution in [0.25, 0.3) is 11.4 Å². The molecule has 3 aromatic rings. The zero-order valence-electron chi connectivity index (χ0n) is 12.6. The van der Waals surface area contributed by atoms with E-state index < -0.39 is 6.10 Å². The van der Waals surface area contributed by atoms with E-state index in [1.165, 1.54) is 6.33 Å². The number of nitrogens with one attached hydrogen (secondary N) is 2. The molecular weight excluding hydrogens is 328 g/mol. The number of amides is 1. The quantitative estimate of drug-likeness (QED) is 0.664. The Bertz CT molecular complexity index is 819. The first-order valence-electron chi connectivity index (χ1n) is 7.31. The molecule has 0 fully saturated rings. The van der Waals surface area contributed by atoms with E-state index in [4.69, 9.17) is 11.6 Å². The Labute approximate surface area is 143 Å². The van der Waals surface area contributed by atoms with Gasteiger partial charge in [0.2, 0.25) is 0 Å². The maximum absolute atomic E-state index is 12.4. The topological polar surface area (TPSA) is 90.9 Å². The van der Waals surface area contributed by atoms with Gasteiger partial charge in [0.15, 0.2) is 5.82 Å². The first-order chi connectivity index (χ1) is 11.6. The highest BCUT2D eigenvalue weighted by Gasteiger charge is 2.15. The average molecular weight is 343 g/mol. The number of hydrogen-bond donors (Lipinski definition) is 3. The van der Waals surface area contributed by atoms with Crippen LogP contribution in [0.1, 0.15) is 22.0 Å². The van der Waals surface area contributed by atoms with Crippen LogP contribution in [-0.2, 0) is 0 Å². The molecule has 1 amide bonds. The van der Waals surface area contributed by atoms with E-state index in [0.29, 0.717) is 27.5 Å². The molecule has 24 heavy (non-hydrogen) atoms. The fourth-order valence-corrected chi connectivity index (χ4v) is 2.44. The van der Waals surface area contributed by atoms with Gasteiger partial charge in [-0.15, -0.1) is 0 Å². The molecule has 0 aliphatic rings. The summed E-state index contributed by atoms with van der Waals surface area (Å²) in [6, 6.07) is 13.9. The third-order valence-corrected chi connectivity index (χ3v) is 3.80. The number of rotatable bonds is 5. The van der Waals surface area contributed by atoms with Gasteiger partial charge in [0, 0.05) is 17.1 Å². The smallest absolute Gasteiger partial charge is 0.252 e. The largest absolute Gasteiger partial charge is 0.387 e. The number of halogens is 1. The van der Waals surface area contributed by atoms with E-state index in [9.17, 15) is 9.90 Å². The Morgan fingerprint density at radius 1 is 1.21 bits per heavy atom. The summed E-state index contributed by atoms with van der Waals surface area (Å²) in [6.07, 6.45) is 0.567. The summed E-state index contributed by atoms with van der Waals surface area (Å²) in [5.41, 5.74) is 1.79. The van der Waals surface area contributed by atoms with E-state index in [1.54, 1.807) is 42.5 Å². The van der Waals surface area contributed by atoms with Crippen molar-refractivity contribution in [3.8, 4) is 11.4 Å². The molecule has 0 aliphatic carbocycles. The number of H-pyrrole nitrogens is 1. The SMILES string of the molecule is O=C(NCC(O)c1ccc(Cl)cc1)c1ccccc1-c1ncn[nH]1. The first kappa shape index (κ1) is 16.2. The molecule has 2 aromatic carbocycles. The van der Waals surface area contributed by atoms with Crippen LogP contribution in [0.15, 0.2) is 54.9 Å². The number of nitrogens with zero attached hydrogens (tertiary/aromatic N) is 2. The molecule has 7 heteroatoms. The second kappa shape index (κ2) is 7.25. The number of aromatic amines is 1. The van der Waals surface area contributed by atoms with E-state index >= 15 is 0 Å². The zero-order chi connectivity index (χ0) is 16.9. The lowest BCUT2D eigenvalue weighted by Gasteiger charge is -2.13. The Kier molecular flexibility index (Phi) is 4.88. The van der Waals surface area contributed by atoms with Crippen molar-refractivity contribution in [3.63, 3.8) is 0 Å². The standard InChI is InChI=1S/C17H15ClN4O2/c18-12-7-5-11(6-8-12)15(23)9-19-17(24)14-4-2-1-3-13(14)16-20-10-21-22-16/h1-8,10,15,23H,9H2,(H,19,24)(H,20,21,22). The van der Waals surface area contributed by atoms with Crippen molar-refractivity contribution in [2.24, 2.45) is 0 Å². The molecule has 1 aromatic heterocycles. The lowest BCUT2D eigenvalue weighted by molar-refractivity contribution is 0.0917. The van der Waals surface area contributed by atoms with Crippen molar-refractivity contribution in [2.45, 2.75) is 6.10 Å². The molecule has 0 spiro atoms. The molecule has 0 saturated carbocycles. The molecule has 1 atom stereocenters. The van der Waals surface area contributed by atoms with Crippen LogP contribution in [0.5, 0.6) is 0 Å². The second-order valence-corrected chi connectivity index (χ2v) is 5.59. The Balaban J connectivity index is 1.71. The number of aliphatic hydroxyl groups excluding tert-OH is 1. The van der Waals surface area contributed by atoms with E-state index in [-0.39, 0.29) is 12.5 Å². The lowest BCUT2D eigenvalue weighted by Crippen LogP contribution is -2.28. The number of hydrogen-bond acceptors (Lipinski definition) is 4. The van der Waals surface area contributed by atoms with Crippen molar-refractivity contribution in [3.05, 3.63) is 71.0 Å². The summed E-state index contributed by atoms with van der Waals surface area (Å²) < 4.78 is 0. The van der Waals surface area contributed by atoms with Gasteiger partial charge in [-0.3, -0.25) is 9.89 Å². The Morgan fingerprint density at radius 2 is 1.96 bits per heavy atom. The van der Waals surface area contributed by atoms with Crippen LogP contribution in [0.2, 0.25) is 5.02 Å². The highest BCUT2D eigenvalue weighted by Crippen LogP contribution is 2.20. The first-order valence-corrected chi connectivity index (χ1v) is 7.69. The van der Waals surface area contributed by atoms with Crippen molar-refractivity contribution in [1.29, 1.82) is 0 Å². The second-order valence-electron chi connectivity index (χ2n) is 5.16. The van der Waals surface area contributed by atoms with Crippen LogP contribution >= 0.6 is 11.6 Å². The molecule has 3 N–H and O–H groups in total. The number of benzene rings is 2. The maximum Gasteiger partial charge on any atom is 0.252 e. The van der Waals surface area contributed by atoms with E-state index in [2.05, 4.69) is 20.5 Å². The zero-order valence-corrected chi connectivity index (χ0v) is 13.4. The molecule has 6 nitrogen and oxygen atoms in total. The molecular formula is C17H15ClN4O2. The molecule has 1 unspecified atom stereocenters. The van der Waals surface area contributed by atoms with Crippen molar-refractivity contribution >= 4 is 17.5 Å². The summed E-state index contributed by atoms with van der Waals surface area (Å²) in [7, 11) is 0. The predicted molar refractivity (Wildman–Crippen MR) is 90.6 cm³/mol. The van der Waals surface area contributed by atoms with Gasteiger partial charge in [-0.1, -0.05) is 41.9 Å². The average Bonchev–Trinajstić information content (AvgIpc) is 3.14. The summed E-state index contributed by atoms with van der Waals surface area (Å²) in [5.74, 6) is 0.217. The minimum absolute atomic E-state index is 0.0885. The molecule has 122 valence electrons. The van der Waals surface area contributed by atoms with Crippen LogP contribution in [-0.4, -0.2) is 32.7 Å². The number of aromatic nitrogens is 3. The van der Waals surface area contributed by atoms with Crippen LogP contribution in [0, 0.1) is 0 Å². The van der Waals surface area contributed by atoms with Crippen molar-refractivity contribution in [2.75, 3.05) is 6.54 Å². The molecule has 0 aliphatic heterocycles. The third-order valence-electron chi connectivity index (χ3n) is 3.55. The van der Waals surface area contributed by atoms with Crippen molar-refractivity contribution < 1.29 is 9.90 Å². The number of carbonyl (C=O) groups excluding carboxylic acids is 1. The van der Waals surface area contributed by atoms with Gasteiger partial charge >= 0.3 is 0 Å². The van der Waals surface area contributed by atoms with E-state index in [1.807, 2.05) is 6.07 Å². The number of carbonyl (C=O) groups is 1. The minimum Gasteiger partial charge on any atom is -0.387 e. The maximum atomic E-state index is 12.4. The normalized spacial score (nSPS) is 11.9. The molecule has 3 rings (SSSR count). The van der Waals surface area contributed by atoms with E-state index in [0.717, 1.165) is 0 Å². The van der Waals surface area contributed by atoms with Gasteiger partial charge < -0.3 is 10.4 Å². The molecule has 0 radical (unpaired) electrons. The van der Waals surface area contributed by atoms with Gasteiger partial charge in [0.25, 0.3) is 5.91 Å². The Hall–Kier alpha value is -2.70. The van der Waals surface area contributed by atoms with Gasteiger partial charge in [-0.05, 0) is 23.8 Å². The number of aliphatic hydroxyl groups is 1. The predicted octanol–water partition coefficient (Wildman–Crippen LogP) is 2.59.